The van der Waals surface area contributed by atoms with Crippen molar-refractivity contribution < 1.29 is 0 Å². The SMILES string of the molecule is CN(c1ccccc1)c1nc(CS)nc2c(I)cnn12. The molecule has 0 atom stereocenters. The van der Waals surface area contributed by atoms with Gasteiger partial charge in [0.25, 0.3) is 0 Å². The molecule has 0 aliphatic rings. The molecule has 0 spiro atoms. The second-order valence-electron chi connectivity index (χ2n) is 4.22. The van der Waals surface area contributed by atoms with Crippen molar-refractivity contribution in [2.45, 2.75) is 5.75 Å². The van der Waals surface area contributed by atoms with E-state index in [1.54, 1.807) is 10.7 Å². The number of para-hydroxylation sites is 1. The predicted octanol–water partition coefficient (Wildman–Crippen LogP) is 2.93. The molecular formula is C13H12IN5S. The molecule has 5 nitrogen and oxygen atoms in total. The summed E-state index contributed by atoms with van der Waals surface area (Å²) in [6, 6.07) is 10.0. The van der Waals surface area contributed by atoms with Crippen molar-refractivity contribution in [3.8, 4) is 0 Å². The first-order valence-electron chi connectivity index (χ1n) is 6.00. The summed E-state index contributed by atoms with van der Waals surface area (Å²) in [4.78, 5) is 11.0. The largest absolute Gasteiger partial charge is 0.313 e. The van der Waals surface area contributed by atoms with E-state index < -0.39 is 0 Å². The lowest BCUT2D eigenvalue weighted by Gasteiger charge is -2.19. The molecule has 0 unspecified atom stereocenters. The first-order chi connectivity index (χ1) is 9.70. The normalized spacial score (nSPS) is 10.9. The average molecular weight is 397 g/mol. The van der Waals surface area contributed by atoms with Crippen LogP contribution in [0.1, 0.15) is 5.82 Å². The highest BCUT2D eigenvalue weighted by molar-refractivity contribution is 14.1. The van der Waals surface area contributed by atoms with Crippen molar-refractivity contribution in [3.63, 3.8) is 0 Å². The predicted molar refractivity (Wildman–Crippen MR) is 90.7 cm³/mol. The quantitative estimate of drug-likeness (QED) is 0.546. The Bertz CT molecular complexity index is 743. The molecule has 0 radical (unpaired) electrons. The number of nitrogens with zero attached hydrogens (tertiary/aromatic N) is 5. The summed E-state index contributed by atoms with van der Waals surface area (Å²) >= 11 is 6.50. The highest BCUT2D eigenvalue weighted by Gasteiger charge is 2.15. The van der Waals surface area contributed by atoms with Gasteiger partial charge in [-0.2, -0.15) is 27.2 Å². The van der Waals surface area contributed by atoms with Gasteiger partial charge in [0, 0.05) is 12.7 Å². The van der Waals surface area contributed by atoms with E-state index in [1.807, 2.05) is 42.3 Å². The number of benzene rings is 1. The number of hydrogen-bond donors (Lipinski definition) is 1. The third-order valence-electron chi connectivity index (χ3n) is 2.94. The molecule has 102 valence electrons. The molecule has 0 aliphatic carbocycles. The zero-order valence-corrected chi connectivity index (χ0v) is 13.8. The third kappa shape index (κ3) is 2.35. The van der Waals surface area contributed by atoms with Gasteiger partial charge in [0.2, 0.25) is 5.95 Å². The first kappa shape index (κ1) is 13.6. The zero-order valence-electron chi connectivity index (χ0n) is 10.7. The maximum Gasteiger partial charge on any atom is 0.234 e. The van der Waals surface area contributed by atoms with Crippen LogP contribution in [0.2, 0.25) is 0 Å². The summed E-state index contributed by atoms with van der Waals surface area (Å²) in [7, 11) is 1.97. The topological polar surface area (TPSA) is 46.3 Å². The molecule has 0 fully saturated rings. The Morgan fingerprint density at radius 2 is 2.00 bits per heavy atom. The van der Waals surface area contributed by atoms with Crippen LogP contribution >= 0.6 is 35.2 Å². The Balaban J connectivity index is 2.19. The molecule has 2 heterocycles. The minimum absolute atomic E-state index is 0.493. The van der Waals surface area contributed by atoms with E-state index in [0.717, 1.165) is 20.9 Å². The summed E-state index contributed by atoms with van der Waals surface area (Å²) in [6.45, 7) is 0. The van der Waals surface area contributed by atoms with Crippen molar-refractivity contribution in [1.82, 2.24) is 19.6 Å². The fourth-order valence-electron chi connectivity index (χ4n) is 1.93. The van der Waals surface area contributed by atoms with E-state index in [9.17, 15) is 0 Å². The smallest absolute Gasteiger partial charge is 0.234 e. The lowest BCUT2D eigenvalue weighted by molar-refractivity contribution is 0.843. The van der Waals surface area contributed by atoms with E-state index >= 15 is 0 Å². The van der Waals surface area contributed by atoms with Gasteiger partial charge in [-0.3, -0.25) is 0 Å². The number of fused-ring (bicyclic) bond motifs is 1. The van der Waals surface area contributed by atoms with Gasteiger partial charge >= 0.3 is 0 Å². The highest BCUT2D eigenvalue weighted by Crippen LogP contribution is 2.23. The van der Waals surface area contributed by atoms with Gasteiger partial charge in [-0.25, -0.2) is 4.98 Å². The molecule has 2 aromatic heterocycles. The molecule has 3 rings (SSSR count). The fourth-order valence-corrected chi connectivity index (χ4v) is 2.55. The molecule has 7 heteroatoms. The van der Waals surface area contributed by atoms with E-state index in [-0.39, 0.29) is 0 Å². The van der Waals surface area contributed by atoms with Crippen LogP contribution in [0, 0.1) is 3.57 Å². The molecule has 0 saturated heterocycles. The number of halogens is 1. The molecule has 0 saturated carbocycles. The Labute approximate surface area is 135 Å². The Morgan fingerprint density at radius 1 is 1.25 bits per heavy atom. The van der Waals surface area contributed by atoms with Crippen LogP contribution in [0.15, 0.2) is 36.5 Å². The Hall–Kier alpha value is -1.35. The third-order valence-corrected chi connectivity index (χ3v) is 3.98. The number of anilines is 2. The second-order valence-corrected chi connectivity index (χ2v) is 5.70. The Morgan fingerprint density at radius 3 is 2.70 bits per heavy atom. The van der Waals surface area contributed by atoms with E-state index in [4.69, 9.17) is 0 Å². The van der Waals surface area contributed by atoms with Gasteiger partial charge in [0.15, 0.2) is 5.65 Å². The highest BCUT2D eigenvalue weighted by atomic mass is 127. The van der Waals surface area contributed by atoms with Gasteiger partial charge in [0.05, 0.1) is 15.5 Å². The lowest BCUT2D eigenvalue weighted by Crippen LogP contribution is -2.17. The molecule has 1 aromatic carbocycles. The summed E-state index contributed by atoms with van der Waals surface area (Å²) in [5, 5.41) is 4.36. The van der Waals surface area contributed by atoms with Gasteiger partial charge in [-0.15, -0.1) is 0 Å². The van der Waals surface area contributed by atoms with Crippen LogP contribution < -0.4 is 4.90 Å². The van der Waals surface area contributed by atoms with E-state index in [0.29, 0.717) is 11.6 Å². The van der Waals surface area contributed by atoms with Crippen molar-refractivity contribution >= 4 is 52.5 Å². The van der Waals surface area contributed by atoms with Gasteiger partial charge in [-0.05, 0) is 34.7 Å². The summed E-state index contributed by atoms with van der Waals surface area (Å²) < 4.78 is 2.75. The molecular weight excluding hydrogens is 385 g/mol. The number of hydrogen-bond acceptors (Lipinski definition) is 5. The van der Waals surface area contributed by atoms with Gasteiger partial charge in [-0.1, -0.05) is 18.2 Å². The van der Waals surface area contributed by atoms with Crippen LogP contribution in [0.3, 0.4) is 0 Å². The van der Waals surface area contributed by atoms with Crippen molar-refractivity contribution in [2.75, 3.05) is 11.9 Å². The molecule has 0 aliphatic heterocycles. The summed E-state index contributed by atoms with van der Waals surface area (Å²) in [5.74, 6) is 1.91. The standard InChI is InChI=1S/C13H12IN5S/c1-18(9-5-3-2-4-6-9)13-17-11(8-20)16-12-10(14)7-15-19(12)13/h2-7,20H,8H2,1H3. The van der Waals surface area contributed by atoms with Crippen LogP contribution in [0.25, 0.3) is 5.65 Å². The summed E-state index contributed by atoms with van der Waals surface area (Å²) in [6.07, 6.45) is 1.79. The molecule has 20 heavy (non-hydrogen) atoms. The number of thiol groups is 1. The molecule has 0 N–H and O–H groups in total. The van der Waals surface area contributed by atoms with Crippen molar-refractivity contribution in [2.24, 2.45) is 0 Å². The molecule has 0 bridgehead atoms. The van der Waals surface area contributed by atoms with Crippen LogP contribution in [-0.4, -0.2) is 26.6 Å². The van der Waals surface area contributed by atoms with E-state index in [2.05, 4.69) is 50.3 Å². The van der Waals surface area contributed by atoms with Gasteiger partial charge in [0.1, 0.15) is 5.82 Å². The number of rotatable bonds is 3. The fraction of sp³-hybridized carbons (Fsp3) is 0.154. The maximum absolute atomic E-state index is 4.54. The Kier molecular flexibility index (Phi) is 3.79. The minimum atomic E-state index is 0.493. The van der Waals surface area contributed by atoms with E-state index in [1.165, 1.54) is 0 Å². The zero-order chi connectivity index (χ0) is 14.1. The monoisotopic (exact) mass is 397 g/mol. The van der Waals surface area contributed by atoms with Crippen LogP contribution in [0.4, 0.5) is 11.6 Å². The molecule has 0 amide bonds. The minimum Gasteiger partial charge on any atom is -0.313 e. The first-order valence-corrected chi connectivity index (χ1v) is 7.71. The second kappa shape index (κ2) is 5.57. The lowest BCUT2D eigenvalue weighted by atomic mass is 10.3. The number of aromatic nitrogens is 4. The van der Waals surface area contributed by atoms with Crippen LogP contribution in [-0.2, 0) is 5.75 Å². The average Bonchev–Trinajstić information content (AvgIpc) is 2.88. The van der Waals surface area contributed by atoms with Crippen LogP contribution in [0.5, 0.6) is 0 Å². The van der Waals surface area contributed by atoms with Gasteiger partial charge < -0.3 is 4.90 Å². The van der Waals surface area contributed by atoms with Crippen molar-refractivity contribution in [3.05, 3.63) is 45.9 Å². The maximum atomic E-state index is 4.54. The van der Waals surface area contributed by atoms with Crippen molar-refractivity contribution in [1.29, 1.82) is 0 Å². The summed E-state index contributed by atoms with van der Waals surface area (Å²) in [5.41, 5.74) is 1.85. The molecule has 3 aromatic rings.